The highest BCUT2D eigenvalue weighted by Crippen LogP contribution is 2.24. The van der Waals surface area contributed by atoms with Gasteiger partial charge in [0, 0.05) is 19.1 Å². The van der Waals surface area contributed by atoms with Crippen LogP contribution in [-0.4, -0.2) is 38.4 Å². The average Bonchev–Trinajstić information content (AvgIpc) is 2.68. The maximum atomic E-state index is 12.4. The maximum Gasteiger partial charge on any atom is 0.279 e. The molecule has 5 nitrogen and oxygen atoms in total. The van der Waals surface area contributed by atoms with E-state index in [2.05, 4.69) is 4.72 Å². The van der Waals surface area contributed by atoms with E-state index in [4.69, 9.17) is 5.73 Å². The first kappa shape index (κ1) is 18.2. The van der Waals surface area contributed by atoms with E-state index < -0.39 is 10.2 Å². The first-order chi connectivity index (χ1) is 9.13. The molecule has 120 valence electrons. The Labute approximate surface area is 129 Å². The quantitative estimate of drug-likeness (QED) is 0.825. The lowest BCUT2D eigenvalue weighted by Gasteiger charge is -2.33. The van der Waals surface area contributed by atoms with Gasteiger partial charge in [0.2, 0.25) is 0 Å². The van der Waals surface area contributed by atoms with Crippen LogP contribution in [0.15, 0.2) is 0 Å². The summed E-state index contributed by atoms with van der Waals surface area (Å²) < 4.78 is 29.4. The Morgan fingerprint density at radius 1 is 1.00 bits per heavy atom. The predicted molar refractivity (Wildman–Crippen MR) is 84.1 cm³/mol. The van der Waals surface area contributed by atoms with Gasteiger partial charge in [0.15, 0.2) is 0 Å². The standard InChI is InChI=1S/C13H27N3O2S.ClH/c14-11-12-7-3-4-8-13(12)15-19(17,18)16-9-5-1-2-6-10-16;/h12-13,15H,1-11,14H2;1H. The Morgan fingerprint density at radius 2 is 1.60 bits per heavy atom. The number of halogens is 1. The predicted octanol–water partition coefficient (Wildman–Crippen LogP) is 1.64. The first-order valence-corrected chi connectivity index (χ1v) is 9.05. The summed E-state index contributed by atoms with van der Waals surface area (Å²) in [6.45, 7) is 1.90. The lowest BCUT2D eigenvalue weighted by Crippen LogP contribution is -2.50. The van der Waals surface area contributed by atoms with E-state index in [1.807, 2.05) is 0 Å². The Bertz CT molecular complexity index is 370. The van der Waals surface area contributed by atoms with E-state index in [9.17, 15) is 8.42 Å². The molecule has 7 heteroatoms. The third kappa shape index (κ3) is 4.84. The summed E-state index contributed by atoms with van der Waals surface area (Å²) in [5.41, 5.74) is 5.77. The number of nitrogens with zero attached hydrogens (tertiary/aromatic N) is 1. The van der Waals surface area contributed by atoms with Crippen LogP contribution in [0, 0.1) is 5.92 Å². The molecule has 2 fully saturated rings. The SMILES string of the molecule is Cl.NCC1CCCCC1NS(=O)(=O)N1CCCCCC1. The molecule has 0 spiro atoms. The lowest BCUT2D eigenvalue weighted by molar-refractivity contribution is 0.288. The van der Waals surface area contributed by atoms with Crippen LogP contribution in [0.3, 0.4) is 0 Å². The van der Waals surface area contributed by atoms with Crippen molar-refractivity contribution in [1.29, 1.82) is 0 Å². The minimum absolute atomic E-state index is 0. The van der Waals surface area contributed by atoms with Crippen LogP contribution in [0.5, 0.6) is 0 Å². The molecule has 1 saturated heterocycles. The van der Waals surface area contributed by atoms with Crippen molar-refractivity contribution < 1.29 is 8.42 Å². The molecule has 3 N–H and O–H groups in total. The van der Waals surface area contributed by atoms with Gasteiger partial charge in [-0.3, -0.25) is 0 Å². The van der Waals surface area contributed by atoms with Gasteiger partial charge in [0.25, 0.3) is 10.2 Å². The summed E-state index contributed by atoms with van der Waals surface area (Å²) >= 11 is 0. The van der Waals surface area contributed by atoms with Crippen LogP contribution >= 0.6 is 12.4 Å². The molecule has 0 aromatic heterocycles. The monoisotopic (exact) mass is 325 g/mol. The zero-order valence-corrected chi connectivity index (χ0v) is 13.7. The van der Waals surface area contributed by atoms with Gasteiger partial charge < -0.3 is 5.73 Å². The van der Waals surface area contributed by atoms with Gasteiger partial charge >= 0.3 is 0 Å². The average molecular weight is 326 g/mol. The summed E-state index contributed by atoms with van der Waals surface area (Å²) in [5, 5.41) is 0. The molecule has 1 aliphatic heterocycles. The molecule has 2 unspecified atom stereocenters. The van der Waals surface area contributed by atoms with Crippen LogP contribution in [0.1, 0.15) is 51.4 Å². The second-order valence-electron chi connectivity index (χ2n) is 5.82. The third-order valence-corrected chi connectivity index (χ3v) is 6.06. The summed E-state index contributed by atoms with van der Waals surface area (Å²) in [6.07, 6.45) is 8.48. The van der Waals surface area contributed by atoms with Crippen molar-refractivity contribution in [3.8, 4) is 0 Å². The smallest absolute Gasteiger partial charge is 0.279 e. The number of rotatable bonds is 4. The minimum Gasteiger partial charge on any atom is -0.330 e. The van der Waals surface area contributed by atoms with Crippen LogP contribution < -0.4 is 10.5 Å². The number of nitrogens with one attached hydrogen (secondary N) is 1. The molecule has 2 atom stereocenters. The molecule has 0 radical (unpaired) electrons. The maximum absolute atomic E-state index is 12.4. The third-order valence-electron chi connectivity index (χ3n) is 4.42. The van der Waals surface area contributed by atoms with Crippen LogP contribution in [-0.2, 0) is 10.2 Å². The van der Waals surface area contributed by atoms with Gasteiger partial charge in [0.05, 0.1) is 0 Å². The van der Waals surface area contributed by atoms with E-state index in [0.717, 1.165) is 44.9 Å². The number of nitrogens with two attached hydrogens (primary N) is 1. The van der Waals surface area contributed by atoms with E-state index in [1.54, 1.807) is 4.31 Å². The van der Waals surface area contributed by atoms with Crippen molar-refractivity contribution >= 4 is 22.6 Å². The Morgan fingerprint density at radius 3 is 2.20 bits per heavy atom. The van der Waals surface area contributed by atoms with Crippen LogP contribution in [0.25, 0.3) is 0 Å². The second-order valence-corrected chi connectivity index (χ2v) is 7.53. The lowest BCUT2D eigenvalue weighted by atomic mass is 9.85. The molecule has 2 aliphatic rings. The van der Waals surface area contributed by atoms with Crippen molar-refractivity contribution in [3.63, 3.8) is 0 Å². The zero-order chi connectivity index (χ0) is 13.7. The first-order valence-electron chi connectivity index (χ1n) is 7.61. The summed E-state index contributed by atoms with van der Waals surface area (Å²) in [5.74, 6) is 0.301. The Balaban J connectivity index is 0.00000200. The summed E-state index contributed by atoms with van der Waals surface area (Å²) in [7, 11) is -3.32. The van der Waals surface area contributed by atoms with Gasteiger partial charge in [-0.2, -0.15) is 17.4 Å². The molecular formula is C13H28ClN3O2S. The molecule has 20 heavy (non-hydrogen) atoms. The van der Waals surface area contributed by atoms with Crippen LogP contribution in [0.2, 0.25) is 0 Å². The van der Waals surface area contributed by atoms with Crippen LogP contribution in [0.4, 0.5) is 0 Å². The minimum atomic E-state index is -3.32. The van der Waals surface area contributed by atoms with E-state index in [1.165, 1.54) is 6.42 Å². The zero-order valence-electron chi connectivity index (χ0n) is 12.1. The molecular weight excluding hydrogens is 298 g/mol. The largest absolute Gasteiger partial charge is 0.330 e. The normalized spacial score (nSPS) is 29.4. The molecule has 0 bridgehead atoms. The van der Waals surface area contributed by atoms with Crippen molar-refractivity contribution in [1.82, 2.24) is 9.03 Å². The fraction of sp³-hybridized carbons (Fsp3) is 1.00. The van der Waals surface area contributed by atoms with E-state index >= 15 is 0 Å². The van der Waals surface area contributed by atoms with Gasteiger partial charge in [-0.15, -0.1) is 12.4 Å². The topological polar surface area (TPSA) is 75.4 Å². The van der Waals surface area contributed by atoms with Crippen molar-refractivity contribution in [2.75, 3.05) is 19.6 Å². The fourth-order valence-corrected chi connectivity index (χ4v) is 4.77. The molecule has 1 saturated carbocycles. The molecule has 2 rings (SSSR count). The van der Waals surface area contributed by atoms with Gasteiger partial charge in [-0.1, -0.05) is 25.7 Å². The molecule has 1 heterocycles. The molecule has 1 aliphatic carbocycles. The van der Waals surface area contributed by atoms with Crippen molar-refractivity contribution in [3.05, 3.63) is 0 Å². The highest BCUT2D eigenvalue weighted by atomic mass is 35.5. The molecule has 0 aromatic rings. The highest BCUT2D eigenvalue weighted by Gasteiger charge is 2.31. The van der Waals surface area contributed by atoms with Gasteiger partial charge in [-0.25, -0.2) is 0 Å². The fourth-order valence-electron chi connectivity index (χ4n) is 3.19. The molecule has 0 aromatic carbocycles. The van der Waals surface area contributed by atoms with Crippen molar-refractivity contribution in [2.24, 2.45) is 11.7 Å². The summed E-state index contributed by atoms with van der Waals surface area (Å²) in [6, 6.07) is 0.0343. The van der Waals surface area contributed by atoms with Gasteiger partial charge in [0.1, 0.15) is 0 Å². The number of hydrogen-bond acceptors (Lipinski definition) is 3. The van der Waals surface area contributed by atoms with Crippen molar-refractivity contribution in [2.45, 2.75) is 57.4 Å². The summed E-state index contributed by atoms with van der Waals surface area (Å²) in [4.78, 5) is 0. The van der Waals surface area contributed by atoms with E-state index in [-0.39, 0.29) is 18.4 Å². The Kier molecular flexibility index (Phi) is 7.75. The Hall–Kier alpha value is 0.120. The highest BCUT2D eigenvalue weighted by molar-refractivity contribution is 7.87. The van der Waals surface area contributed by atoms with Gasteiger partial charge in [-0.05, 0) is 38.1 Å². The molecule has 0 amide bonds. The van der Waals surface area contributed by atoms with E-state index in [0.29, 0.717) is 25.6 Å². The number of hydrogen-bond donors (Lipinski definition) is 2. The second kappa shape index (κ2) is 8.54.